The predicted octanol–water partition coefficient (Wildman–Crippen LogP) is 13.3. The Morgan fingerprint density at radius 2 is 0.857 bits per heavy atom. The van der Waals surface area contributed by atoms with Crippen molar-refractivity contribution in [3.8, 4) is 51.0 Å². The molecule has 0 aliphatic carbocycles. The molecule has 260 valence electrons. The molecule has 5 nitrogen and oxygen atoms in total. The zero-order valence-electron chi connectivity index (χ0n) is 30.0. The van der Waals surface area contributed by atoms with E-state index in [2.05, 4.69) is 138 Å². The topological polar surface area (TPSA) is 56.7 Å². The third-order valence-corrected chi connectivity index (χ3v) is 11.2. The van der Waals surface area contributed by atoms with Gasteiger partial charge in [0.05, 0.1) is 11.0 Å². The third kappa shape index (κ3) is 4.58. The molecule has 0 saturated carbocycles. The van der Waals surface area contributed by atoms with Gasteiger partial charge in [-0.2, -0.15) is 0 Å². The second kappa shape index (κ2) is 11.9. The monoisotopic (exact) mass is 714 g/mol. The quantitative estimate of drug-likeness (QED) is 0.167. The van der Waals surface area contributed by atoms with Gasteiger partial charge in [0.25, 0.3) is 0 Å². The Bertz CT molecular complexity index is 3370. The highest BCUT2D eigenvalue weighted by atomic mass is 16.3. The second-order valence-corrected chi connectivity index (χ2v) is 14.4. The highest BCUT2D eigenvalue weighted by Crippen LogP contribution is 2.44. The van der Waals surface area contributed by atoms with Crippen molar-refractivity contribution in [2.45, 2.75) is 0 Å². The van der Waals surface area contributed by atoms with E-state index in [-0.39, 0.29) is 0 Å². The highest BCUT2D eigenvalue weighted by Gasteiger charge is 2.22. The van der Waals surface area contributed by atoms with Crippen LogP contribution in [0.15, 0.2) is 186 Å². The number of hydrogen-bond acceptors (Lipinski definition) is 4. The van der Waals surface area contributed by atoms with Crippen molar-refractivity contribution < 1.29 is 4.42 Å². The summed E-state index contributed by atoms with van der Waals surface area (Å²) in [5.74, 6) is 1.83. The normalized spacial score (nSPS) is 11.9. The Morgan fingerprint density at radius 1 is 0.339 bits per heavy atom. The van der Waals surface area contributed by atoms with E-state index >= 15 is 0 Å². The summed E-state index contributed by atoms with van der Waals surface area (Å²) >= 11 is 0. The number of rotatable bonds is 5. The average Bonchev–Trinajstić information content (AvgIpc) is 3.82. The minimum Gasteiger partial charge on any atom is -0.456 e. The summed E-state index contributed by atoms with van der Waals surface area (Å²) in [4.78, 5) is 15.2. The van der Waals surface area contributed by atoms with Crippen molar-refractivity contribution in [2.75, 3.05) is 0 Å². The lowest BCUT2D eigenvalue weighted by Crippen LogP contribution is -2.00. The molecule has 3 aromatic heterocycles. The molecule has 0 amide bonds. The Kier molecular flexibility index (Phi) is 6.56. The highest BCUT2D eigenvalue weighted by molar-refractivity contribution is 6.34. The predicted molar refractivity (Wildman–Crippen MR) is 229 cm³/mol. The van der Waals surface area contributed by atoms with Crippen LogP contribution in [0.4, 0.5) is 0 Å². The van der Waals surface area contributed by atoms with E-state index in [1.165, 1.54) is 48.9 Å². The molecule has 0 aliphatic rings. The molecule has 0 N–H and O–H groups in total. The third-order valence-electron chi connectivity index (χ3n) is 11.2. The van der Waals surface area contributed by atoms with Crippen LogP contribution in [0.25, 0.3) is 116 Å². The minimum atomic E-state index is 0.596. The van der Waals surface area contributed by atoms with Crippen LogP contribution >= 0.6 is 0 Å². The van der Waals surface area contributed by atoms with E-state index in [0.29, 0.717) is 17.5 Å². The van der Waals surface area contributed by atoms with Gasteiger partial charge in [-0.25, -0.2) is 15.0 Å². The van der Waals surface area contributed by atoms with Crippen LogP contribution in [0, 0.1) is 0 Å². The first kappa shape index (κ1) is 30.8. The van der Waals surface area contributed by atoms with Crippen molar-refractivity contribution in [1.29, 1.82) is 0 Å². The van der Waals surface area contributed by atoms with Gasteiger partial charge in [0.2, 0.25) is 0 Å². The van der Waals surface area contributed by atoms with Gasteiger partial charge in [0.15, 0.2) is 17.5 Å². The molecule has 0 spiro atoms. The maximum atomic E-state index is 6.69. The van der Waals surface area contributed by atoms with Gasteiger partial charge in [-0.1, -0.05) is 146 Å². The summed E-state index contributed by atoms with van der Waals surface area (Å²) in [7, 11) is 0. The summed E-state index contributed by atoms with van der Waals surface area (Å²) in [5.41, 5.74) is 10.0. The molecule has 56 heavy (non-hydrogen) atoms. The van der Waals surface area contributed by atoms with Crippen molar-refractivity contribution in [1.82, 2.24) is 19.5 Å². The van der Waals surface area contributed by atoms with Gasteiger partial charge in [0.1, 0.15) is 11.2 Å². The van der Waals surface area contributed by atoms with Gasteiger partial charge >= 0.3 is 0 Å². The van der Waals surface area contributed by atoms with Crippen molar-refractivity contribution in [3.63, 3.8) is 0 Å². The summed E-state index contributed by atoms with van der Waals surface area (Å²) in [5, 5.41) is 9.66. The standard InChI is InChI=1S/C51H30N4O/c1-3-12-31(13-4-1)32-24-26-34(27-25-32)50-52-49(33-14-5-2-6-15-33)53-51(54-50)41-20-11-23-44-46(41)40-29-28-35(30-45(40)56-44)55-42-21-9-18-38-36-16-7-8-17-37(36)39-19-10-22-43(55)48(39)47(38)42/h1-30H. The molecule has 0 fully saturated rings. The first-order valence-corrected chi connectivity index (χ1v) is 18.9. The molecule has 3 heterocycles. The fraction of sp³-hybridized carbons (Fsp3) is 0. The van der Waals surface area contributed by atoms with Crippen LogP contribution in [-0.2, 0) is 0 Å². The molecule has 0 bridgehead atoms. The largest absolute Gasteiger partial charge is 0.456 e. The zero-order valence-corrected chi connectivity index (χ0v) is 30.0. The first-order chi connectivity index (χ1) is 27.8. The Hall–Kier alpha value is -7.63. The molecule has 0 saturated heterocycles. The van der Waals surface area contributed by atoms with E-state index in [4.69, 9.17) is 19.4 Å². The van der Waals surface area contributed by atoms with Crippen molar-refractivity contribution >= 4 is 65.3 Å². The molecule has 0 aliphatic heterocycles. The first-order valence-electron chi connectivity index (χ1n) is 18.9. The van der Waals surface area contributed by atoms with E-state index in [1.807, 2.05) is 48.5 Å². The molecular formula is C51H30N4O. The number of benzene rings is 9. The summed E-state index contributed by atoms with van der Waals surface area (Å²) < 4.78 is 9.07. The molecule has 5 heteroatoms. The number of furan rings is 1. The van der Waals surface area contributed by atoms with E-state index in [1.54, 1.807) is 0 Å². The van der Waals surface area contributed by atoms with Gasteiger partial charge < -0.3 is 8.98 Å². The maximum Gasteiger partial charge on any atom is 0.164 e. The second-order valence-electron chi connectivity index (χ2n) is 14.4. The SMILES string of the molecule is c1ccc(-c2ccc(-c3nc(-c4ccccc4)nc(-c4cccc5oc6cc(-n7c8cccc9c%10ccccc%10c%10cccc7c%10c98)ccc6c45)n3)cc2)cc1. The lowest BCUT2D eigenvalue weighted by atomic mass is 9.95. The van der Waals surface area contributed by atoms with Crippen LogP contribution in [0.2, 0.25) is 0 Å². The molecule has 0 radical (unpaired) electrons. The van der Waals surface area contributed by atoms with Gasteiger partial charge in [-0.3, -0.25) is 0 Å². The van der Waals surface area contributed by atoms with E-state index in [9.17, 15) is 0 Å². The fourth-order valence-corrected chi connectivity index (χ4v) is 8.71. The number of hydrogen-bond donors (Lipinski definition) is 0. The maximum absolute atomic E-state index is 6.69. The van der Waals surface area contributed by atoms with Crippen LogP contribution in [0.1, 0.15) is 0 Å². The average molecular weight is 715 g/mol. The van der Waals surface area contributed by atoms with Gasteiger partial charge in [-0.15, -0.1) is 0 Å². The minimum absolute atomic E-state index is 0.596. The molecular weight excluding hydrogens is 685 g/mol. The fourth-order valence-electron chi connectivity index (χ4n) is 8.71. The molecule has 0 atom stereocenters. The Morgan fingerprint density at radius 3 is 1.52 bits per heavy atom. The number of nitrogens with zero attached hydrogens (tertiary/aromatic N) is 4. The molecule has 12 rings (SSSR count). The Labute approximate surface area is 321 Å². The van der Waals surface area contributed by atoms with Crippen LogP contribution in [0.5, 0.6) is 0 Å². The number of aromatic nitrogens is 4. The van der Waals surface area contributed by atoms with Crippen LogP contribution < -0.4 is 0 Å². The summed E-state index contributed by atoms with van der Waals surface area (Å²) in [6.45, 7) is 0. The smallest absolute Gasteiger partial charge is 0.164 e. The molecule has 0 unspecified atom stereocenters. The van der Waals surface area contributed by atoms with Crippen LogP contribution in [0.3, 0.4) is 0 Å². The van der Waals surface area contributed by atoms with Crippen LogP contribution in [-0.4, -0.2) is 19.5 Å². The summed E-state index contributed by atoms with van der Waals surface area (Å²) in [6.07, 6.45) is 0. The summed E-state index contributed by atoms with van der Waals surface area (Å²) in [6, 6.07) is 63.7. The zero-order chi connectivity index (χ0) is 36.7. The van der Waals surface area contributed by atoms with Crippen molar-refractivity contribution in [2.24, 2.45) is 0 Å². The molecule has 12 aromatic rings. The lowest BCUT2D eigenvalue weighted by molar-refractivity contribution is 0.668. The Balaban J connectivity index is 1.04. The van der Waals surface area contributed by atoms with Crippen molar-refractivity contribution in [3.05, 3.63) is 182 Å². The van der Waals surface area contributed by atoms with E-state index < -0.39 is 0 Å². The van der Waals surface area contributed by atoms with E-state index in [0.717, 1.165) is 49.9 Å². The molecule has 9 aromatic carbocycles. The van der Waals surface area contributed by atoms with Gasteiger partial charge in [0, 0.05) is 50.0 Å². The number of fused-ring (bicyclic) bond motifs is 6. The lowest BCUT2D eigenvalue weighted by Gasteiger charge is -2.10. The van der Waals surface area contributed by atoms with Gasteiger partial charge in [-0.05, 0) is 63.0 Å².